The Morgan fingerprint density at radius 3 is 2.83 bits per heavy atom. The normalized spacial score (nSPS) is 10.6. The minimum Gasteiger partial charge on any atom is -0.481 e. The van der Waals surface area contributed by atoms with E-state index in [1.165, 1.54) is 6.07 Å². The van der Waals surface area contributed by atoms with Crippen molar-refractivity contribution in [2.75, 3.05) is 0 Å². The molecular weight excluding hydrogens is 235 g/mol. The van der Waals surface area contributed by atoms with E-state index in [0.717, 1.165) is 17.7 Å². The summed E-state index contributed by atoms with van der Waals surface area (Å²) in [5, 5.41) is 12.8. The molecule has 18 heavy (non-hydrogen) atoms. The molecule has 1 heterocycles. The number of carbonyl (C=O) groups is 1. The number of halogens is 1. The molecule has 4 nitrogen and oxygen atoms in total. The highest BCUT2D eigenvalue weighted by Crippen LogP contribution is 2.22. The first-order chi connectivity index (χ1) is 8.60. The van der Waals surface area contributed by atoms with Gasteiger partial charge in [-0.3, -0.25) is 9.48 Å². The predicted molar refractivity (Wildman–Crippen MR) is 64.6 cm³/mol. The average Bonchev–Trinajstić information content (AvgIpc) is 2.80. The third-order valence-electron chi connectivity index (χ3n) is 2.68. The molecule has 0 atom stereocenters. The lowest BCUT2D eigenvalue weighted by Gasteiger charge is -2.03. The van der Waals surface area contributed by atoms with Gasteiger partial charge in [0.15, 0.2) is 0 Å². The maximum absolute atomic E-state index is 13.4. The quantitative estimate of drug-likeness (QED) is 0.903. The van der Waals surface area contributed by atoms with Gasteiger partial charge in [0, 0.05) is 18.3 Å². The first-order valence-electron chi connectivity index (χ1n) is 5.63. The minimum absolute atomic E-state index is 0.184. The number of nitrogens with zero attached hydrogens (tertiary/aromatic N) is 2. The Kier molecular flexibility index (Phi) is 3.41. The van der Waals surface area contributed by atoms with Crippen molar-refractivity contribution >= 4 is 5.97 Å². The van der Waals surface area contributed by atoms with E-state index in [9.17, 15) is 9.18 Å². The van der Waals surface area contributed by atoms with Crippen molar-refractivity contribution in [3.8, 4) is 11.1 Å². The molecule has 0 aliphatic heterocycles. The zero-order chi connectivity index (χ0) is 13.1. The second-order valence-electron chi connectivity index (χ2n) is 3.96. The molecule has 0 fully saturated rings. The summed E-state index contributed by atoms with van der Waals surface area (Å²) in [6.07, 6.45) is 3.21. The van der Waals surface area contributed by atoms with Gasteiger partial charge < -0.3 is 5.11 Å². The zero-order valence-corrected chi connectivity index (χ0v) is 9.93. The fraction of sp³-hybridized carbons (Fsp3) is 0.231. The molecule has 0 radical (unpaired) electrons. The van der Waals surface area contributed by atoms with E-state index in [1.54, 1.807) is 23.0 Å². The molecule has 1 N–H and O–H groups in total. The van der Waals surface area contributed by atoms with E-state index in [-0.39, 0.29) is 12.0 Å². The van der Waals surface area contributed by atoms with Crippen LogP contribution in [0.1, 0.15) is 12.5 Å². The molecule has 0 bridgehead atoms. The summed E-state index contributed by atoms with van der Waals surface area (Å²) in [6.45, 7) is 2.72. The highest BCUT2D eigenvalue weighted by Gasteiger charge is 2.09. The maximum atomic E-state index is 13.4. The molecule has 2 rings (SSSR count). The number of hydrogen-bond donors (Lipinski definition) is 1. The van der Waals surface area contributed by atoms with E-state index in [2.05, 4.69) is 5.10 Å². The summed E-state index contributed by atoms with van der Waals surface area (Å²) in [4.78, 5) is 10.6. The molecule has 94 valence electrons. The molecular formula is C13H13FN2O2. The smallest absolute Gasteiger partial charge is 0.307 e. The number of carboxylic acids is 1. The van der Waals surface area contributed by atoms with Crippen molar-refractivity contribution in [1.29, 1.82) is 0 Å². The Morgan fingerprint density at radius 2 is 2.22 bits per heavy atom. The summed E-state index contributed by atoms with van der Waals surface area (Å²) in [7, 11) is 0. The Labute approximate surface area is 104 Å². The van der Waals surface area contributed by atoms with Crippen LogP contribution in [0.4, 0.5) is 4.39 Å². The summed E-state index contributed by atoms with van der Waals surface area (Å²) in [6, 6.07) is 4.47. The second-order valence-corrected chi connectivity index (χ2v) is 3.96. The van der Waals surface area contributed by atoms with E-state index < -0.39 is 11.8 Å². The monoisotopic (exact) mass is 248 g/mol. The number of aromatic nitrogens is 2. The first kappa shape index (κ1) is 12.3. The lowest BCUT2D eigenvalue weighted by Crippen LogP contribution is -2.02. The maximum Gasteiger partial charge on any atom is 0.307 e. The Hall–Kier alpha value is -2.17. The van der Waals surface area contributed by atoms with Crippen molar-refractivity contribution in [2.24, 2.45) is 0 Å². The van der Waals surface area contributed by atoms with Gasteiger partial charge in [0.2, 0.25) is 0 Å². The third-order valence-corrected chi connectivity index (χ3v) is 2.68. The summed E-state index contributed by atoms with van der Waals surface area (Å²) in [5.41, 5.74) is 1.81. The number of benzene rings is 1. The van der Waals surface area contributed by atoms with Crippen molar-refractivity contribution in [3.63, 3.8) is 0 Å². The first-order valence-corrected chi connectivity index (χ1v) is 5.63. The average molecular weight is 248 g/mol. The van der Waals surface area contributed by atoms with Crippen LogP contribution in [0.15, 0.2) is 30.6 Å². The van der Waals surface area contributed by atoms with Crippen molar-refractivity contribution in [2.45, 2.75) is 19.9 Å². The largest absolute Gasteiger partial charge is 0.481 e. The topological polar surface area (TPSA) is 55.1 Å². The highest BCUT2D eigenvalue weighted by atomic mass is 19.1. The Morgan fingerprint density at radius 1 is 1.44 bits per heavy atom. The molecule has 5 heteroatoms. The van der Waals surface area contributed by atoms with Crippen LogP contribution in [0.25, 0.3) is 11.1 Å². The zero-order valence-electron chi connectivity index (χ0n) is 9.93. The van der Waals surface area contributed by atoms with Crippen LogP contribution >= 0.6 is 0 Å². The molecule has 1 aromatic carbocycles. The van der Waals surface area contributed by atoms with Gasteiger partial charge in [0.05, 0.1) is 12.6 Å². The van der Waals surface area contributed by atoms with Gasteiger partial charge in [-0.05, 0) is 30.2 Å². The van der Waals surface area contributed by atoms with Gasteiger partial charge in [0.1, 0.15) is 5.82 Å². The number of carboxylic acid groups (broad SMARTS) is 1. The minimum atomic E-state index is -1.05. The van der Waals surface area contributed by atoms with E-state index in [1.807, 2.05) is 13.1 Å². The second kappa shape index (κ2) is 5.00. The van der Waals surface area contributed by atoms with E-state index in [0.29, 0.717) is 0 Å². The molecule has 0 saturated carbocycles. The van der Waals surface area contributed by atoms with Crippen LogP contribution in [0, 0.1) is 5.82 Å². The molecule has 0 aliphatic rings. The summed E-state index contributed by atoms with van der Waals surface area (Å²) >= 11 is 0. The predicted octanol–water partition coefficient (Wildman–Crippen LogP) is 2.34. The lowest BCUT2D eigenvalue weighted by atomic mass is 10.0. The standard InChI is InChI=1S/C13H13FN2O2/c1-2-16-8-11(7-15-16)9-3-4-12(14)10(5-9)6-13(17)18/h3-5,7-8H,2,6H2,1H3,(H,17,18). The van der Waals surface area contributed by atoms with Gasteiger partial charge >= 0.3 is 5.97 Å². The molecule has 0 unspecified atom stereocenters. The number of aliphatic carboxylic acids is 1. The van der Waals surface area contributed by atoms with Gasteiger partial charge in [-0.15, -0.1) is 0 Å². The number of aryl methyl sites for hydroxylation is 1. The fourth-order valence-electron chi connectivity index (χ4n) is 1.74. The van der Waals surface area contributed by atoms with Crippen LogP contribution in [0.2, 0.25) is 0 Å². The lowest BCUT2D eigenvalue weighted by molar-refractivity contribution is -0.136. The third kappa shape index (κ3) is 2.56. The summed E-state index contributed by atoms with van der Waals surface area (Å²) < 4.78 is 15.2. The van der Waals surface area contributed by atoms with Gasteiger partial charge in [-0.1, -0.05) is 6.07 Å². The van der Waals surface area contributed by atoms with Crippen molar-refractivity contribution < 1.29 is 14.3 Å². The Bertz CT molecular complexity index is 578. The van der Waals surface area contributed by atoms with Crippen LogP contribution in [0.3, 0.4) is 0 Å². The van der Waals surface area contributed by atoms with Gasteiger partial charge in [-0.25, -0.2) is 4.39 Å². The molecule has 0 spiro atoms. The van der Waals surface area contributed by atoms with E-state index in [4.69, 9.17) is 5.11 Å². The molecule has 0 amide bonds. The number of rotatable bonds is 4. The van der Waals surface area contributed by atoms with E-state index >= 15 is 0 Å². The van der Waals surface area contributed by atoms with Crippen molar-refractivity contribution in [3.05, 3.63) is 42.0 Å². The molecule has 2 aromatic rings. The van der Waals surface area contributed by atoms with Crippen LogP contribution < -0.4 is 0 Å². The van der Waals surface area contributed by atoms with Crippen LogP contribution in [0.5, 0.6) is 0 Å². The molecule has 0 aliphatic carbocycles. The van der Waals surface area contributed by atoms with Gasteiger partial charge in [-0.2, -0.15) is 5.10 Å². The molecule has 1 aromatic heterocycles. The summed E-state index contributed by atoms with van der Waals surface area (Å²) in [5.74, 6) is -1.54. The SMILES string of the molecule is CCn1cc(-c2ccc(F)c(CC(=O)O)c2)cn1. The highest BCUT2D eigenvalue weighted by molar-refractivity contribution is 5.72. The van der Waals surface area contributed by atoms with Crippen LogP contribution in [-0.4, -0.2) is 20.9 Å². The number of hydrogen-bond acceptors (Lipinski definition) is 2. The molecule has 0 saturated heterocycles. The fourth-order valence-corrected chi connectivity index (χ4v) is 1.74. The Balaban J connectivity index is 2.36. The van der Waals surface area contributed by atoms with Crippen LogP contribution in [-0.2, 0) is 17.8 Å². The van der Waals surface area contributed by atoms with Crippen molar-refractivity contribution in [1.82, 2.24) is 9.78 Å². The van der Waals surface area contributed by atoms with Gasteiger partial charge in [0.25, 0.3) is 0 Å².